The Kier molecular flexibility index (Phi) is 4.39. The third-order valence-electron chi connectivity index (χ3n) is 2.70. The summed E-state index contributed by atoms with van der Waals surface area (Å²) in [7, 11) is 3.00. The molecule has 2 rings (SSSR count). The van der Waals surface area contributed by atoms with Crippen molar-refractivity contribution in [2.24, 2.45) is 14.1 Å². The number of hydrogen-bond donors (Lipinski definition) is 1. The lowest BCUT2D eigenvalue weighted by Gasteiger charge is -2.21. The highest BCUT2D eigenvalue weighted by Gasteiger charge is 2.15. The van der Waals surface area contributed by atoms with Crippen LogP contribution < -0.4 is 16.6 Å². The molecule has 1 aliphatic rings. The van der Waals surface area contributed by atoms with Crippen molar-refractivity contribution < 1.29 is 0 Å². The molecular weight excluding hydrogens is 272 g/mol. The minimum atomic E-state index is -0.409. The van der Waals surface area contributed by atoms with Gasteiger partial charge in [0.05, 0.1) is 0 Å². The molecule has 1 saturated heterocycles. The van der Waals surface area contributed by atoms with Crippen LogP contribution in [-0.2, 0) is 14.1 Å². The van der Waals surface area contributed by atoms with Crippen LogP contribution in [0.1, 0.15) is 0 Å². The molecule has 1 aromatic rings. The topological polar surface area (TPSA) is 68.9 Å². The molecule has 6 nitrogen and oxygen atoms in total. The van der Waals surface area contributed by atoms with Gasteiger partial charge in [-0.15, -0.1) is 5.10 Å². The highest BCUT2D eigenvalue weighted by Crippen LogP contribution is 2.23. The van der Waals surface area contributed by atoms with Crippen LogP contribution >= 0.6 is 23.5 Å². The number of aromatic nitrogens is 3. The summed E-state index contributed by atoms with van der Waals surface area (Å²) in [5, 5.41) is 7.51. The fraction of sp³-hybridized carbons (Fsp3) is 0.700. The van der Waals surface area contributed by atoms with E-state index in [4.69, 9.17) is 0 Å². The standard InChI is InChI=1S/C10H16N4O2S2/c1-13-9(15)8(12-14(2)10(13)16)11-5-7-6-17-3-4-18-7/h7H,3-6H2,1-2H3,(H,11,12). The number of thioether (sulfide) groups is 2. The maximum atomic E-state index is 11.8. The average molecular weight is 288 g/mol. The smallest absolute Gasteiger partial charge is 0.346 e. The van der Waals surface area contributed by atoms with Crippen LogP contribution in [0.15, 0.2) is 9.59 Å². The molecule has 0 aliphatic carbocycles. The first-order chi connectivity index (χ1) is 8.59. The number of aryl methyl sites for hydroxylation is 1. The Bertz CT molecular complexity index is 534. The third kappa shape index (κ3) is 2.92. The van der Waals surface area contributed by atoms with E-state index in [0.29, 0.717) is 11.8 Å². The van der Waals surface area contributed by atoms with Gasteiger partial charge in [-0.1, -0.05) is 0 Å². The average Bonchev–Trinajstić information content (AvgIpc) is 2.40. The van der Waals surface area contributed by atoms with Gasteiger partial charge in [-0.25, -0.2) is 9.48 Å². The summed E-state index contributed by atoms with van der Waals surface area (Å²) in [5.41, 5.74) is -0.778. The van der Waals surface area contributed by atoms with Gasteiger partial charge in [0.25, 0.3) is 5.56 Å². The molecule has 1 N–H and O–H groups in total. The van der Waals surface area contributed by atoms with E-state index in [0.717, 1.165) is 16.1 Å². The second-order valence-electron chi connectivity index (χ2n) is 4.07. The van der Waals surface area contributed by atoms with Gasteiger partial charge in [-0.2, -0.15) is 23.5 Å². The number of anilines is 1. The highest BCUT2D eigenvalue weighted by atomic mass is 32.2. The molecule has 1 fully saturated rings. The lowest BCUT2D eigenvalue weighted by atomic mass is 10.4. The summed E-state index contributed by atoms with van der Waals surface area (Å²) in [6.07, 6.45) is 0. The first-order valence-corrected chi connectivity index (χ1v) is 7.87. The zero-order valence-corrected chi connectivity index (χ0v) is 12.0. The number of rotatable bonds is 3. The van der Waals surface area contributed by atoms with Gasteiger partial charge in [-0.05, 0) is 0 Å². The van der Waals surface area contributed by atoms with Gasteiger partial charge >= 0.3 is 5.69 Å². The van der Waals surface area contributed by atoms with Gasteiger partial charge in [0.15, 0.2) is 0 Å². The van der Waals surface area contributed by atoms with Gasteiger partial charge in [0.2, 0.25) is 5.82 Å². The fourth-order valence-electron chi connectivity index (χ4n) is 1.67. The van der Waals surface area contributed by atoms with Crippen LogP contribution in [0, 0.1) is 0 Å². The molecule has 0 amide bonds. The maximum Gasteiger partial charge on any atom is 0.346 e. The summed E-state index contributed by atoms with van der Waals surface area (Å²) in [4.78, 5) is 23.3. The molecule has 18 heavy (non-hydrogen) atoms. The van der Waals surface area contributed by atoms with Crippen molar-refractivity contribution in [1.82, 2.24) is 14.3 Å². The molecule has 1 aliphatic heterocycles. The second-order valence-corrected chi connectivity index (χ2v) is 6.63. The van der Waals surface area contributed by atoms with Gasteiger partial charge in [0.1, 0.15) is 0 Å². The van der Waals surface area contributed by atoms with Crippen LogP contribution in [-0.4, -0.2) is 43.4 Å². The molecule has 0 saturated carbocycles. The lowest BCUT2D eigenvalue weighted by molar-refractivity contribution is 0.604. The predicted molar refractivity (Wildman–Crippen MR) is 76.8 cm³/mol. The summed E-state index contributed by atoms with van der Waals surface area (Å²) in [6.45, 7) is 0.706. The van der Waals surface area contributed by atoms with E-state index in [-0.39, 0.29) is 11.4 Å². The number of hydrogen-bond acceptors (Lipinski definition) is 6. The highest BCUT2D eigenvalue weighted by molar-refractivity contribution is 8.06. The molecule has 1 aromatic heterocycles. The number of nitrogens with one attached hydrogen (secondary N) is 1. The molecule has 100 valence electrons. The Labute approximate surface area is 113 Å². The Morgan fingerprint density at radius 3 is 2.83 bits per heavy atom. The molecule has 1 atom stereocenters. The van der Waals surface area contributed by atoms with Crippen molar-refractivity contribution in [1.29, 1.82) is 0 Å². The first-order valence-electron chi connectivity index (χ1n) is 5.67. The Morgan fingerprint density at radius 1 is 1.39 bits per heavy atom. The summed E-state index contributed by atoms with van der Waals surface area (Å²) >= 11 is 3.84. The molecule has 8 heteroatoms. The molecule has 0 bridgehead atoms. The van der Waals surface area contributed by atoms with Crippen LogP contribution in [0.5, 0.6) is 0 Å². The molecule has 2 heterocycles. The fourth-order valence-corrected chi connectivity index (χ4v) is 4.29. The normalized spacial score (nSPS) is 19.8. The summed E-state index contributed by atoms with van der Waals surface area (Å²) in [6, 6.07) is 0. The zero-order chi connectivity index (χ0) is 13.1. The van der Waals surface area contributed by atoms with Crippen LogP contribution in [0.2, 0.25) is 0 Å². The number of nitrogens with zero attached hydrogens (tertiary/aromatic N) is 3. The van der Waals surface area contributed by atoms with Crippen LogP contribution in [0.3, 0.4) is 0 Å². The van der Waals surface area contributed by atoms with Gasteiger partial charge in [0, 0.05) is 43.1 Å². The van der Waals surface area contributed by atoms with E-state index in [2.05, 4.69) is 10.4 Å². The maximum absolute atomic E-state index is 11.8. The van der Waals surface area contributed by atoms with Gasteiger partial charge < -0.3 is 5.32 Å². The molecule has 0 radical (unpaired) electrons. The quantitative estimate of drug-likeness (QED) is 0.826. The van der Waals surface area contributed by atoms with Crippen molar-refractivity contribution in [2.75, 3.05) is 29.1 Å². The summed E-state index contributed by atoms with van der Waals surface area (Å²) in [5.74, 6) is 3.68. The van der Waals surface area contributed by atoms with Crippen molar-refractivity contribution >= 4 is 29.3 Å². The van der Waals surface area contributed by atoms with Gasteiger partial charge in [-0.3, -0.25) is 9.36 Å². The second kappa shape index (κ2) is 5.83. The Morgan fingerprint density at radius 2 is 2.17 bits per heavy atom. The summed E-state index contributed by atoms with van der Waals surface area (Å²) < 4.78 is 2.24. The van der Waals surface area contributed by atoms with Crippen LogP contribution in [0.25, 0.3) is 0 Å². The van der Waals surface area contributed by atoms with E-state index < -0.39 is 5.69 Å². The van der Waals surface area contributed by atoms with Crippen molar-refractivity contribution in [2.45, 2.75) is 5.25 Å². The van der Waals surface area contributed by atoms with Crippen LogP contribution in [0.4, 0.5) is 5.82 Å². The van der Waals surface area contributed by atoms with Crippen molar-refractivity contribution in [3.05, 3.63) is 20.8 Å². The third-order valence-corrected chi connectivity index (χ3v) is 5.55. The van der Waals surface area contributed by atoms with E-state index in [9.17, 15) is 9.59 Å². The van der Waals surface area contributed by atoms with Crippen molar-refractivity contribution in [3.63, 3.8) is 0 Å². The van der Waals surface area contributed by atoms with E-state index in [1.807, 2.05) is 23.5 Å². The SMILES string of the molecule is Cn1nc(NCC2CSCCS2)c(=O)n(C)c1=O. The molecule has 1 unspecified atom stereocenters. The lowest BCUT2D eigenvalue weighted by Crippen LogP contribution is -2.40. The Hall–Kier alpha value is -0.890. The monoisotopic (exact) mass is 288 g/mol. The molecule has 0 spiro atoms. The van der Waals surface area contributed by atoms with E-state index >= 15 is 0 Å². The van der Waals surface area contributed by atoms with E-state index in [1.54, 1.807) is 0 Å². The first kappa shape index (κ1) is 13.5. The minimum Gasteiger partial charge on any atom is -0.363 e. The molecule has 0 aromatic carbocycles. The largest absolute Gasteiger partial charge is 0.363 e. The van der Waals surface area contributed by atoms with Crippen molar-refractivity contribution in [3.8, 4) is 0 Å². The Balaban J connectivity index is 2.10. The predicted octanol–water partition coefficient (Wildman–Crippen LogP) is -0.260. The molecular formula is C10H16N4O2S2. The minimum absolute atomic E-state index is 0.246. The van der Waals surface area contributed by atoms with E-state index in [1.165, 1.54) is 24.5 Å². The zero-order valence-electron chi connectivity index (χ0n) is 10.4.